The van der Waals surface area contributed by atoms with Gasteiger partial charge in [0, 0.05) is 13.1 Å². The lowest BCUT2D eigenvalue weighted by Crippen LogP contribution is -2.49. The van der Waals surface area contributed by atoms with Gasteiger partial charge in [0.1, 0.15) is 6.04 Å². The minimum absolute atomic E-state index is 0.00669. The summed E-state index contributed by atoms with van der Waals surface area (Å²) in [7, 11) is 0. The van der Waals surface area contributed by atoms with E-state index in [2.05, 4.69) is 36.5 Å². The van der Waals surface area contributed by atoms with Crippen LogP contribution in [0.2, 0.25) is 0 Å². The van der Waals surface area contributed by atoms with Gasteiger partial charge >= 0.3 is 0 Å². The highest BCUT2D eigenvalue weighted by molar-refractivity contribution is 5.88. The first-order valence-corrected chi connectivity index (χ1v) is 10.6. The van der Waals surface area contributed by atoms with E-state index in [0.717, 1.165) is 41.5 Å². The number of rotatable bonds is 10. The minimum atomic E-state index is -0.492. The summed E-state index contributed by atoms with van der Waals surface area (Å²) in [5.74, 6) is -0.0893. The van der Waals surface area contributed by atoms with E-state index in [9.17, 15) is 9.59 Å². The van der Waals surface area contributed by atoms with Crippen LogP contribution in [0.1, 0.15) is 48.9 Å². The van der Waals surface area contributed by atoms with Crippen LogP contribution in [0.3, 0.4) is 0 Å². The molecule has 156 valence electrons. The summed E-state index contributed by atoms with van der Waals surface area (Å²) in [5, 5.41) is 2.97. The average molecular weight is 395 g/mol. The lowest BCUT2D eigenvalue weighted by Gasteiger charge is -2.29. The number of hydrogen-bond donors (Lipinski definition) is 1. The molecule has 1 atom stereocenters. The third-order valence-corrected chi connectivity index (χ3v) is 5.33. The Kier molecular flexibility index (Phi) is 8.91. The van der Waals surface area contributed by atoms with E-state index in [1.807, 2.05) is 45.0 Å². The number of unbranched alkanes of at least 4 members (excludes halogenated alkanes) is 1. The van der Waals surface area contributed by atoms with E-state index in [1.165, 1.54) is 0 Å². The van der Waals surface area contributed by atoms with Gasteiger partial charge in [-0.3, -0.25) is 9.59 Å². The minimum Gasteiger partial charge on any atom is -0.354 e. The van der Waals surface area contributed by atoms with Gasteiger partial charge in [-0.25, -0.2) is 0 Å². The van der Waals surface area contributed by atoms with E-state index in [0.29, 0.717) is 19.5 Å². The molecule has 0 saturated heterocycles. The van der Waals surface area contributed by atoms with E-state index >= 15 is 0 Å². The zero-order valence-corrected chi connectivity index (χ0v) is 18.2. The van der Waals surface area contributed by atoms with Gasteiger partial charge in [-0.2, -0.15) is 0 Å². The summed E-state index contributed by atoms with van der Waals surface area (Å²) in [6.45, 7) is 9.15. The van der Waals surface area contributed by atoms with Crippen molar-refractivity contribution in [3.05, 3.63) is 70.8 Å². The third-order valence-electron chi connectivity index (χ3n) is 5.33. The number of aryl methyl sites for hydroxylation is 2. The molecule has 29 heavy (non-hydrogen) atoms. The standard InChI is InChI=1S/C25H34N2O2/c1-5-6-15-26-25(29)21(4)27(16-14-22-10-8-7-9-11-22)24(28)18-23-17-19(2)12-13-20(23)3/h7-13,17,21H,5-6,14-16,18H2,1-4H3,(H,26,29). The molecular formula is C25H34N2O2. The summed E-state index contributed by atoms with van der Waals surface area (Å²) in [6.07, 6.45) is 3.01. The smallest absolute Gasteiger partial charge is 0.242 e. The van der Waals surface area contributed by atoms with Crippen LogP contribution in [0.15, 0.2) is 48.5 Å². The molecule has 0 fully saturated rings. The molecule has 4 nitrogen and oxygen atoms in total. The highest BCUT2D eigenvalue weighted by Gasteiger charge is 2.25. The summed E-state index contributed by atoms with van der Waals surface area (Å²) < 4.78 is 0. The fourth-order valence-electron chi connectivity index (χ4n) is 3.36. The Labute approximate surface area is 175 Å². The van der Waals surface area contributed by atoms with Crippen LogP contribution in [-0.2, 0) is 22.4 Å². The van der Waals surface area contributed by atoms with Gasteiger partial charge < -0.3 is 10.2 Å². The summed E-state index contributed by atoms with van der Waals surface area (Å²) in [5.41, 5.74) is 4.43. The molecule has 1 unspecified atom stereocenters. The van der Waals surface area contributed by atoms with Crippen molar-refractivity contribution in [1.82, 2.24) is 10.2 Å². The molecule has 2 amide bonds. The molecule has 0 heterocycles. The number of carbonyl (C=O) groups is 2. The van der Waals surface area contributed by atoms with E-state index < -0.39 is 6.04 Å². The number of carbonyl (C=O) groups excluding carboxylic acids is 2. The molecular weight excluding hydrogens is 360 g/mol. The zero-order chi connectivity index (χ0) is 21.2. The Morgan fingerprint density at radius 3 is 2.48 bits per heavy atom. The van der Waals surface area contributed by atoms with Crippen molar-refractivity contribution >= 4 is 11.8 Å². The van der Waals surface area contributed by atoms with Crippen LogP contribution in [0.5, 0.6) is 0 Å². The number of hydrogen-bond acceptors (Lipinski definition) is 2. The van der Waals surface area contributed by atoms with Crippen molar-refractivity contribution in [2.24, 2.45) is 0 Å². The molecule has 4 heteroatoms. The molecule has 0 spiro atoms. The highest BCUT2D eigenvalue weighted by atomic mass is 16.2. The topological polar surface area (TPSA) is 49.4 Å². The number of amides is 2. The second-order valence-electron chi connectivity index (χ2n) is 7.75. The highest BCUT2D eigenvalue weighted by Crippen LogP contribution is 2.14. The molecule has 0 saturated carbocycles. The number of benzene rings is 2. The fraction of sp³-hybridized carbons (Fsp3) is 0.440. The first kappa shape index (κ1) is 22.7. The van der Waals surface area contributed by atoms with Crippen molar-refractivity contribution in [3.63, 3.8) is 0 Å². The number of nitrogens with zero attached hydrogens (tertiary/aromatic N) is 1. The van der Waals surface area contributed by atoms with Crippen LogP contribution in [0.25, 0.3) is 0 Å². The SMILES string of the molecule is CCCCNC(=O)C(C)N(CCc1ccccc1)C(=O)Cc1cc(C)ccc1C. The summed E-state index contributed by atoms with van der Waals surface area (Å²) in [4.78, 5) is 27.6. The van der Waals surface area contributed by atoms with Crippen LogP contribution in [0.4, 0.5) is 0 Å². The van der Waals surface area contributed by atoms with Crippen molar-refractivity contribution in [1.29, 1.82) is 0 Å². The van der Waals surface area contributed by atoms with Crippen molar-refractivity contribution in [2.75, 3.05) is 13.1 Å². The van der Waals surface area contributed by atoms with Crippen molar-refractivity contribution < 1.29 is 9.59 Å². The maximum Gasteiger partial charge on any atom is 0.242 e. The zero-order valence-electron chi connectivity index (χ0n) is 18.2. The molecule has 2 aromatic rings. The summed E-state index contributed by atoms with van der Waals surface area (Å²) >= 11 is 0. The van der Waals surface area contributed by atoms with Crippen LogP contribution < -0.4 is 5.32 Å². The van der Waals surface area contributed by atoms with Crippen molar-refractivity contribution in [3.8, 4) is 0 Å². The second-order valence-corrected chi connectivity index (χ2v) is 7.75. The third kappa shape index (κ3) is 7.04. The molecule has 0 aromatic heterocycles. The van der Waals surface area contributed by atoms with Crippen molar-refractivity contribution in [2.45, 2.75) is 59.4 Å². The van der Waals surface area contributed by atoms with Gasteiger partial charge in [0.25, 0.3) is 0 Å². The van der Waals surface area contributed by atoms with Gasteiger partial charge in [-0.15, -0.1) is 0 Å². The normalized spacial score (nSPS) is 11.7. The Bertz CT molecular complexity index is 802. The molecule has 2 rings (SSSR count). The molecule has 0 aliphatic rings. The Hall–Kier alpha value is -2.62. The Morgan fingerprint density at radius 1 is 1.07 bits per heavy atom. The van der Waals surface area contributed by atoms with Gasteiger partial charge in [-0.1, -0.05) is 67.4 Å². The molecule has 2 aromatic carbocycles. The first-order valence-electron chi connectivity index (χ1n) is 10.6. The predicted molar refractivity (Wildman–Crippen MR) is 119 cm³/mol. The average Bonchev–Trinajstić information content (AvgIpc) is 2.71. The maximum atomic E-state index is 13.2. The molecule has 0 bridgehead atoms. The Morgan fingerprint density at radius 2 is 1.79 bits per heavy atom. The van der Waals surface area contributed by atoms with Gasteiger partial charge in [0.2, 0.25) is 11.8 Å². The first-order chi connectivity index (χ1) is 13.9. The lowest BCUT2D eigenvalue weighted by atomic mass is 10.0. The molecule has 0 aliphatic carbocycles. The fourth-order valence-corrected chi connectivity index (χ4v) is 3.36. The molecule has 0 aliphatic heterocycles. The lowest BCUT2D eigenvalue weighted by molar-refractivity contribution is -0.139. The largest absolute Gasteiger partial charge is 0.354 e. The van der Waals surface area contributed by atoms with Gasteiger partial charge in [0.05, 0.1) is 6.42 Å². The van der Waals surface area contributed by atoms with Crippen LogP contribution in [0, 0.1) is 13.8 Å². The quantitative estimate of drug-likeness (QED) is 0.613. The maximum absolute atomic E-state index is 13.2. The van der Waals surface area contributed by atoms with Gasteiger partial charge in [0.15, 0.2) is 0 Å². The van der Waals surface area contributed by atoms with Gasteiger partial charge in [-0.05, 0) is 50.3 Å². The monoisotopic (exact) mass is 394 g/mol. The summed E-state index contributed by atoms with van der Waals surface area (Å²) in [6, 6.07) is 15.8. The second kappa shape index (κ2) is 11.4. The predicted octanol–water partition coefficient (Wildman–Crippen LogP) is 4.22. The van der Waals surface area contributed by atoms with E-state index in [1.54, 1.807) is 4.90 Å². The van der Waals surface area contributed by atoms with Crippen LogP contribution >= 0.6 is 0 Å². The van der Waals surface area contributed by atoms with Crippen LogP contribution in [-0.4, -0.2) is 35.8 Å². The molecule has 1 N–H and O–H groups in total. The van der Waals surface area contributed by atoms with E-state index in [-0.39, 0.29) is 11.8 Å². The molecule has 0 radical (unpaired) electrons. The number of nitrogens with one attached hydrogen (secondary N) is 1. The Balaban J connectivity index is 2.14. The van der Waals surface area contributed by atoms with E-state index in [4.69, 9.17) is 0 Å².